The van der Waals surface area contributed by atoms with E-state index in [-0.39, 0.29) is 37.9 Å². The molecule has 0 heterocycles. The largest absolute Gasteiger partial charge is 0.472 e. The monoisotopic (exact) mass is 833 g/mol. The number of aliphatic hydroxyl groups excluding tert-OH is 3. The van der Waals surface area contributed by atoms with Crippen molar-refractivity contribution in [2.75, 3.05) is 47.5 Å². The fourth-order valence-corrected chi connectivity index (χ4v) is 7.69. The third kappa shape index (κ3) is 29.3. The average Bonchev–Trinajstić information content (AvgIpc) is 3.41. The van der Waals surface area contributed by atoms with E-state index in [1.807, 2.05) is 39.4 Å². The SMILES string of the molecule is CCCCCCCCCCCCCCCC(=O)OCC(COP(=O)(O)OCC[N+](C)(C)C)OC(=O)CCC/C=C\CC1C(O)CC(O)C1/C=C/C(O)CCCCC. The van der Waals surface area contributed by atoms with Crippen LogP contribution in [0.1, 0.15) is 162 Å². The van der Waals surface area contributed by atoms with E-state index in [4.69, 9.17) is 18.5 Å². The molecule has 0 aromatic carbocycles. The van der Waals surface area contributed by atoms with Gasteiger partial charge in [0.15, 0.2) is 6.10 Å². The fourth-order valence-electron chi connectivity index (χ4n) is 6.95. The summed E-state index contributed by atoms with van der Waals surface area (Å²) < 4.78 is 34.2. The highest BCUT2D eigenvalue weighted by Gasteiger charge is 2.39. The van der Waals surface area contributed by atoms with Gasteiger partial charge >= 0.3 is 19.8 Å². The van der Waals surface area contributed by atoms with Gasteiger partial charge in [-0.3, -0.25) is 18.6 Å². The van der Waals surface area contributed by atoms with Gasteiger partial charge in [-0.1, -0.05) is 134 Å². The first kappa shape index (κ1) is 53.4. The van der Waals surface area contributed by atoms with Crippen LogP contribution in [0.5, 0.6) is 0 Å². The van der Waals surface area contributed by atoms with E-state index in [0.29, 0.717) is 49.6 Å². The highest BCUT2D eigenvalue weighted by molar-refractivity contribution is 7.47. The Bertz CT molecular complexity index is 1140. The molecule has 1 rings (SSSR count). The van der Waals surface area contributed by atoms with Crippen molar-refractivity contribution in [3.8, 4) is 0 Å². The van der Waals surface area contributed by atoms with Crippen LogP contribution in [0.15, 0.2) is 24.3 Å². The summed E-state index contributed by atoms with van der Waals surface area (Å²) in [6.07, 6.45) is 26.0. The first-order chi connectivity index (χ1) is 27.2. The number of esters is 2. The molecular weight excluding hydrogens is 749 g/mol. The molecule has 7 atom stereocenters. The molecule has 0 aliphatic heterocycles. The molecule has 0 spiro atoms. The lowest BCUT2D eigenvalue weighted by Crippen LogP contribution is -2.37. The third-order valence-corrected chi connectivity index (χ3v) is 11.5. The predicted molar refractivity (Wildman–Crippen MR) is 226 cm³/mol. The zero-order chi connectivity index (χ0) is 42.4. The van der Waals surface area contributed by atoms with Crippen LogP contribution in [0.25, 0.3) is 0 Å². The Morgan fingerprint density at radius 1 is 0.754 bits per heavy atom. The molecule has 0 amide bonds. The van der Waals surface area contributed by atoms with Gasteiger partial charge in [-0.2, -0.15) is 0 Å². The lowest BCUT2D eigenvalue weighted by Gasteiger charge is -2.24. The smallest absolute Gasteiger partial charge is 0.462 e. The molecule has 0 aromatic heterocycles. The van der Waals surface area contributed by atoms with Crippen LogP contribution in [0.4, 0.5) is 0 Å². The lowest BCUT2D eigenvalue weighted by atomic mass is 9.89. The Balaban J connectivity index is 2.52. The highest BCUT2D eigenvalue weighted by atomic mass is 31.2. The summed E-state index contributed by atoms with van der Waals surface area (Å²) in [4.78, 5) is 35.5. The molecule has 0 saturated heterocycles. The minimum Gasteiger partial charge on any atom is -0.462 e. The molecule has 7 unspecified atom stereocenters. The number of unbranched alkanes of at least 4 members (excludes halogenated alkanes) is 15. The Kier molecular flexibility index (Phi) is 30.1. The third-order valence-electron chi connectivity index (χ3n) is 10.6. The number of phosphoric ester groups is 1. The van der Waals surface area contributed by atoms with Gasteiger partial charge in [0.2, 0.25) is 0 Å². The molecule has 334 valence electrons. The number of allylic oxidation sites excluding steroid dienone is 2. The summed E-state index contributed by atoms with van der Waals surface area (Å²) in [7, 11) is 1.33. The van der Waals surface area contributed by atoms with Crippen molar-refractivity contribution < 1.29 is 57.4 Å². The second-order valence-electron chi connectivity index (χ2n) is 17.1. The zero-order valence-electron chi connectivity index (χ0n) is 36.4. The van der Waals surface area contributed by atoms with E-state index < -0.39 is 50.8 Å². The fraction of sp³-hybridized carbons (Fsp3) is 0.864. The van der Waals surface area contributed by atoms with E-state index in [1.54, 1.807) is 6.08 Å². The van der Waals surface area contributed by atoms with Crippen LogP contribution in [-0.4, -0.2) is 109 Å². The van der Waals surface area contributed by atoms with Crippen molar-refractivity contribution in [1.29, 1.82) is 0 Å². The van der Waals surface area contributed by atoms with Crippen LogP contribution in [0, 0.1) is 11.8 Å². The summed E-state index contributed by atoms with van der Waals surface area (Å²) in [5.74, 6) is -1.40. The van der Waals surface area contributed by atoms with Gasteiger partial charge in [-0.25, -0.2) is 4.57 Å². The quantitative estimate of drug-likeness (QED) is 0.0157. The maximum absolute atomic E-state index is 12.8. The topological polar surface area (TPSA) is 169 Å². The van der Waals surface area contributed by atoms with E-state index in [2.05, 4.69) is 13.8 Å². The number of quaternary nitrogens is 1. The van der Waals surface area contributed by atoms with Crippen LogP contribution >= 0.6 is 7.82 Å². The molecule has 1 aliphatic carbocycles. The maximum Gasteiger partial charge on any atom is 0.472 e. The maximum atomic E-state index is 12.8. The number of rotatable bonds is 36. The molecular formula is C44H83NO11P+. The van der Waals surface area contributed by atoms with E-state index in [1.165, 1.54) is 57.8 Å². The molecule has 0 aromatic rings. The summed E-state index contributed by atoms with van der Waals surface area (Å²) in [5, 5.41) is 31.4. The number of aliphatic hydroxyl groups is 3. The van der Waals surface area contributed by atoms with Crippen molar-refractivity contribution >= 4 is 19.8 Å². The van der Waals surface area contributed by atoms with Crippen LogP contribution < -0.4 is 0 Å². The second kappa shape index (κ2) is 32.2. The first-order valence-electron chi connectivity index (χ1n) is 22.3. The standard InChI is InChI=1S/C44H82NO11P/c1-6-8-10-11-12-13-14-15-16-17-18-19-24-28-43(49)53-35-38(36-55-57(51,52)54-33-32-45(3,4)5)56-44(50)29-25-21-20-23-27-39-40(42(48)34-41(39)47)31-30-37(46)26-22-9-7-2/h20,23,30-31,37-42,46-48H,6-19,21-22,24-29,32-36H2,1-5H3/p+1/b23-20-,31-30+. The summed E-state index contributed by atoms with van der Waals surface area (Å²) >= 11 is 0. The second-order valence-corrected chi connectivity index (χ2v) is 18.5. The van der Waals surface area contributed by atoms with Crippen molar-refractivity contribution in [2.45, 2.75) is 186 Å². The molecule has 1 aliphatic rings. The molecule has 1 saturated carbocycles. The van der Waals surface area contributed by atoms with Gasteiger partial charge in [0.05, 0.1) is 46.1 Å². The summed E-state index contributed by atoms with van der Waals surface area (Å²) in [5.41, 5.74) is 0. The van der Waals surface area contributed by atoms with Gasteiger partial charge in [0.25, 0.3) is 0 Å². The van der Waals surface area contributed by atoms with Crippen LogP contribution in [0.2, 0.25) is 0 Å². The summed E-state index contributed by atoms with van der Waals surface area (Å²) in [6.45, 7) is 4.04. The Morgan fingerprint density at radius 2 is 1.33 bits per heavy atom. The lowest BCUT2D eigenvalue weighted by molar-refractivity contribution is -0.870. The predicted octanol–water partition coefficient (Wildman–Crippen LogP) is 8.73. The molecule has 57 heavy (non-hydrogen) atoms. The molecule has 0 radical (unpaired) electrons. The van der Waals surface area contributed by atoms with Gasteiger partial charge in [0.1, 0.15) is 19.8 Å². The van der Waals surface area contributed by atoms with Crippen molar-refractivity contribution in [2.24, 2.45) is 11.8 Å². The van der Waals surface area contributed by atoms with Gasteiger partial charge in [0, 0.05) is 25.2 Å². The van der Waals surface area contributed by atoms with Crippen molar-refractivity contribution in [1.82, 2.24) is 0 Å². The van der Waals surface area contributed by atoms with Crippen LogP contribution in [0.3, 0.4) is 0 Å². The number of hydrogen-bond acceptors (Lipinski definition) is 10. The molecule has 0 bridgehead atoms. The molecule has 1 fully saturated rings. The van der Waals surface area contributed by atoms with Crippen LogP contribution in [-0.2, 0) is 32.7 Å². The number of likely N-dealkylation sites (N-methyl/N-ethyl adjacent to an activating group) is 1. The number of nitrogens with zero attached hydrogens (tertiary/aromatic N) is 1. The van der Waals surface area contributed by atoms with E-state index in [9.17, 15) is 34.4 Å². The Morgan fingerprint density at radius 3 is 1.95 bits per heavy atom. The number of phosphoric acid groups is 1. The Labute approximate surface area is 346 Å². The molecule has 13 heteroatoms. The summed E-state index contributed by atoms with van der Waals surface area (Å²) in [6, 6.07) is 0. The normalized spacial score (nSPS) is 20.9. The van der Waals surface area contributed by atoms with Gasteiger partial charge < -0.3 is 34.2 Å². The van der Waals surface area contributed by atoms with Gasteiger partial charge in [-0.15, -0.1) is 0 Å². The average molecular weight is 833 g/mol. The van der Waals surface area contributed by atoms with Gasteiger partial charge in [-0.05, 0) is 38.0 Å². The zero-order valence-corrected chi connectivity index (χ0v) is 37.3. The molecule has 12 nitrogen and oxygen atoms in total. The number of hydrogen-bond donors (Lipinski definition) is 4. The number of carbonyl (C=O) groups is 2. The van der Waals surface area contributed by atoms with E-state index in [0.717, 1.165) is 38.5 Å². The minimum absolute atomic E-state index is 0.0107. The highest BCUT2D eigenvalue weighted by Crippen LogP contribution is 2.43. The van der Waals surface area contributed by atoms with Crippen molar-refractivity contribution in [3.63, 3.8) is 0 Å². The number of ether oxygens (including phenoxy) is 2. The molecule has 4 N–H and O–H groups in total. The van der Waals surface area contributed by atoms with E-state index >= 15 is 0 Å². The Hall–Kier alpha value is -1.63. The van der Waals surface area contributed by atoms with Crippen molar-refractivity contribution in [3.05, 3.63) is 24.3 Å². The first-order valence-corrected chi connectivity index (χ1v) is 23.8. The minimum atomic E-state index is -4.44. The number of carbonyl (C=O) groups excluding carboxylic acids is 2.